The molecule has 4 heteroatoms. The largest absolute Gasteiger partial charge is 0.312 e. The molecule has 92 valence electrons. The average Bonchev–Trinajstić information content (AvgIpc) is 2.70. The first-order valence-electron chi connectivity index (χ1n) is 5.85. The van der Waals surface area contributed by atoms with Crippen molar-refractivity contribution in [1.29, 1.82) is 0 Å². The topological polar surface area (TPSA) is 20.3 Å². The molecule has 1 unspecified atom stereocenters. The second-order valence-corrected chi connectivity index (χ2v) is 5.66. The number of nitrogens with zero attached hydrogens (tertiary/aromatic N) is 1. The van der Waals surface area contributed by atoms with E-state index in [1.165, 1.54) is 5.56 Å². The number of thiol groups is 1. The Morgan fingerprint density at radius 1 is 1.53 bits per heavy atom. The average molecular weight is 314 g/mol. The number of rotatable bonds is 3. The Labute approximate surface area is 116 Å². The molecule has 1 heterocycles. The molecule has 0 bridgehead atoms. The van der Waals surface area contributed by atoms with Crippen LogP contribution in [0.25, 0.3) is 0 Å². The van der Waals surface area contributed by atoms with E-state index in [1.807, 2.05) is 17.0 Å². The van der Waals surface area contributed by atoms with E-state index in [9.17, 15) is 4.79 Å². The van der Waals surface area contributed by atoms with E-state index in [-0.39, 0.29) is 5.91 Å². The Morgan fingerprint density at radius 2 is 2.29 bits per heavy atom. The van der Waals surface area contributed by atoms with Gasteiger partial charge in [-0.1, -0.05) is 22.9 Å². The number of aryl methyl sites for hydroxylation is 1. The molecule has 1 aliphatic rings. The first-order chi connectivity index (χ1) is 8.15. The van der Waals surface area contributed by atoms with E-state index in [0.717, 1.165) is 28.9 Å². The molecule has 2 nitrogen and oxygen atoms in total. The molecule has 1 aliphatic heterocycles. The molecule has 17 heavy (non-hydrogen) atoms. The minimum absolute atomic E-state index is 0.223. The van der Waals surface area contributed by atoms with E-state index < -0.39 is 0 Å². The van der Waals surface area contributed by atoms with E-state index in [1.54, 1.807) is 0 Å². The van der Waals surface area contributed by atoms with Crippen LogP contribution in [0, 0.1) is 5.92 Å². The summed E-state index contributed by atoms with van der Waals surface area (Å²) in [5.74, 6) is 1.39. The van der Waals surface area contributed by atoms with Gasteiger partial charge in [0.05, 0.1) is 0 Å². The third-order valence-corrected chi connectivity index (χ3v) is 4.19. The molecule has 1 aromatic rings. The van der Waals surface area contributed by atoms with E-state index >= 15 is 0 Å². The molecule has 0 aromatic heterocycles. The van der Waals surface area contributed by atoms with Crippen molar-refractivity contribution < 1.29 is 4.79 Å². The lowest BCUT2D eigenvalue weighted by molar-refractivity contribution is -0.117. The fourth-order valence-corrected chi connectivity index (χ4v) is 2.89. The molecule has 1 atom stereocenters. The Hall–Kier alpha value is -0.480. The zero-order valence-corrected chi connectivity index (χ0v) is 12.3. The highest BCUT2D eigenvalue weighted by molar-refractivity contribution is 9.10. The van der Waals surface area contributed by atoms with Crippen LogP contribution in [-0.4, -0.2) is 18.2 Å². The van der Waals surface area contributed by atoms with Crippen LogP contribution in [0.15, 0.2) is 22.7 Å². The lowest BCUT2D eigenvalue weighted by Crippen LogP contribution is -2.25. The summed E-state index contributed by atoms with van der Waals surface area (Å²) < 4.78 is 1.07. The van der Waals surface area contributed by atoms with E-state index in [0.29, 0.717) is 12.3 Å². The number of carbonyl (C=O) groups is 1. The second kappa shape index (κ2) is 5.44. The van der Waals surface area contributed by atoms with Crippen molar-refractivity contribution in [2.75, 3.05) is 17.2 Å². The molecule has 0 aliphatic carbocycles. The smallest absolute Gasteiger partial charge is 0.227 e. The number of benzene rings is 1. The summed E-state index contributed by atoms with van der Waals surface area (Å²) in [5, 5.41) is 0. The summed E-state index contributed by atoms with van der Waals surface area (Å²) in [6, 6.07) is 6.12. The zero-order chi connectivity index (χ0) is 12.4. The van der Waals surface area contributed by atoms with Gasteiger partial charge in [-0.2, -0.15) is 12.6 Å². The number of halogens is 1. The number of hydrogen-bond donors (Lipinski definition) is 1. The monoisotopic (exact) mass is 313 g/mol. The molecule has 0 radical (unpaired) electrons. The Balaban J connectivity index is 2.31. The third-order valence-electron chi connectivity index (χ3n) is 3.18. The fourth-order valence-electron chi connectivity index (χ4n) is 2.24. The molecule has 1 fully saturated rings. The molecule has 1 saturated heterocycles. The SMILES string of the molecule is CCc1cc(Br)ccc1N1CC(CS)CC1=O. The number of amides is 1. The van der Waals surface area contributed by atoms with Gasteiger partial charge in [0.25, 0.3) is 0 Å². The highest BCUT2D eigenvalue weighted by Gasteiger charge is 2.30. The van der Waals surface area contributed by atoms with Crippen LogP contribution < -0.4 is 4.90 Å². The van der Waals surface area contributed by atoms with Gasteiger partial charge in [0, 0.05) is 23.1 Å². The van der Waals surface area contributed by atoms with Crippen LogP contribution in [0.1, 0.15) is 18.9 Å². The zero-order valence-electron chi connectivity index (χ0n) is 9.82. The van der Waals surface area contributed by atoms with Crippen molar-refractivity contribution in [3.05, 3.63) is 28.2 Å². The number of carbonyl (C=O) groups excluding carboxylic acids is 1. The van der Waals surface area contributed by atoms with Crippen LogP contribution in [-0.2, 0) is 11.2 Å². The maximum atomic E-state index is 12.0. The van der Waals surface area contributed by atoms with Gasteiger partial charge in [-0.05, 0) is 41.9 Å². The summed E-state index contributed by atoms with van der Waals surface area (Å²) >= 11 is 7.76. The highest BCUT2D eigenvalue weighted by Crippen LogP contribution is 2.30. The van der Waals surface area contributed by atoms with Crippen molar-refractivity contribution in [3.63, 3.8) is 0 Å². The lowest BCUT2D eigenvalue weighted by atomic mass is 10.1. The van der Waals surface area contributed by atoms with Crippen LogP contribution in [0.2, 0.25) is 0 Å². The van der Waals surface area contributed by atoms with Crippen molar-refractivity contribution in [3.8, 4) is 0 Å². The summed E-state index contributed by atoms with van der Waals surface area (Å²) in [6.07, 6.45) is 1.56. The first kappa shape index (κ1) is 13.0. The molecule has 0 N–H and O–H groups in total. The van der Waals surface area contributed by atoms with E-state index in [4.69, 9.17) is 0 Å². The summed E-state index contributed by atoms with van der Waals surface area (Å²) in [6.45, 7) is 2.92. The van der Waals surface area contributed by atoms with Gasteiger partial charge in [0.15, 0.2) is 0 Å². The first-order valence-corrected chi connectivity index (χ1v) is 7.28. The van der Waals surface area contributed by atoms with Crippen molar-refractivity contribution in [2.45, 2.75) is 19.8 Å². The number of hydrogen-bond acceptors (Lipinski definition) is 2. The van der Waals surface area contributed by atoms with Crippen molar-refractivity contribution in [1.82, 2.24) is 0 Å². The number of anilines is 1. The van der Waals surface area contributed by atoms with Gasteiger partial charge in [0.1, 0.15) is 0 Å². The van der Waals surface area contributed by atoms with E-state index in [2.05, 4.69) is 41.5 Å². The van der Waals surface area contributed by atoms with Gasteiger partial charge >= 0.3 is 0 Å². The Bertz CT molecular complexity index is 435. The van der Waals surface area contributed by atoms with Crippen LogP contribution in [0.5, 0.6) is 0 Å². The van der Waals surface area contributed by atoms with Gasteiger partial charge in [-0.25, -0.2) is 0 Å². The fraction of sp³-hybridized carbons (Fsp3) is 0.462. The maximum absolute atomic E-state index is 12.0. The Morgan fingerprint density at radius 3 is 2.88 bits per heavy atom. The molecule has 2 rings (SSSR count). The molecule has 0 saturated carbocycles. The highest BCUT2D eigenvalue weighted by atomic mass is 79.9. The predicted molar refractivity (Wildman–Crippen MR) is 77.8 cm³/mol. The minimum Gasteiger partial charge on any atom is -0.312 e. The van der Waals surface area contributed by atoms with Gasteiger partial charge in [0.2, 0.25) is 5.91 Å². The molecular formula is C13H16BrNOS. The quantitative estimate of drug-likeness (QED) is 0.849. The third kappa shape index (κ3) is 2.68. The molecule has 1 amide bonds. The van der Waals surface area contributed by atoms with Crippen molar-refractivity contribution in [2.24, 2.45) is 5.92 Å². The van der Waals surface area contributed by atoms with Crippen LogP contribution >= 0.6 is 28.6 Å². The molecule has 0 spiro atoms. The van der Waals surface area contributed by atoms with Crippen LogP contribution in [0.3, 0.4) is 0 Å². The standard InChI is InChI=1S/C13H16BrNOS/c1-2-10-6-11(14)3-4-12(10)15-7-9(8-17)5-13(15)16/h3-4,6,9,17H,2,5,7-8H2,1H3. The predicted octanol–water partition coefficient (Wildman–Crippen LogP) is 3.29. The van der Waals surface area contributed by atoms with Gasteiger partial charge in [-0.3, -0.25) is 4.79 Å². The summed E-state index contributed by atoms with van der Waals surface area (Å²) in [4.78, 5) is 13.9. The second-order valence-electron chi connectivity index (χ2n) is 4.38. The molecule has 1 aromatic carbocycles. The normalized spacial score (nSPS) is 20.1. The lowest BCUT2D eigenvalue weighted by Gasteiger charge is -2.20. The Kier molecular flexibility index (Phi) is 4.15. The van der Waals surface area contributed by atoms with Crippen LogP contribution in [0.4, 0.5) is 5.69 Å². The molecular weight excluding hydrogens is 298 g/mol. The van der Waals surface area contributed by atoms with Crippen molar-refractivity contribution >= 4 is 40.2 Å². The maximum Gasteiger partial charge on any atom is 0.227 e. The summed E-state index contributed by atoms with van der Waals surface area (Å²) in [7, 11) is 0. The van der Waals surface area contributed by atoms with Gasteiger partial charge < -0.3 is 4.90 Å². The van der Waals surface area contributed by atoms with Gasteiger partial charge in [-0.15, -0.1) is 0 Å². The minimum atomic E-state index is 0.223. The summed E-state index contributed by atoms with van der Waals surface area (Å²) in [5.41, 5.74) is 2.28.